The van der Waals surface area contributed by atoms with Crippen molar-refractivity contribution in [3.05, 3.63) is 53.8 Å². The minimum Gasteiger partial charge on any atom is -0.497 e. The number of ether oxygens (including phenoxy) is 1. The molecule has 2 rings (SSSR count). The fourth-order valence-corrected chi connectivity index (χ4v) is 2.89. The highest BCUT2D eigenvalue weighted by Crippen LogP contribution is 2.17. The fraction of sp³-hybridized carbons (Fsp3) is 0.250. The van der Waals surface area contributed by atoms with Gasteiger partial charge in [-0.25, -0.2) is 4.39 Å². The van der Waals surface area contributed by atoms with Crippen molar-refractivity contribution in [3.63, 3.8) is 0 Å². The van der Waals surface area contributed by atoms with Crippen molar-refractivity contribution in [2.24, 2.45) is 0 Å². The molecule has 0 aliphatic carbocycles. The lowest BCUT2D eigenvalue weighted by Crippen LogP contribution is -2.26. The van der Waals surface area contributed by atoms with E-state index in [1.165, 1.54) is 6.07 Å². The Bertz CT molecular complexity index is 648. The SMILES string of the molecule is CCOSOB(I)c1ccc(CNc2ccc(OC)cc2)c(F)c1. The molecule has 128 valence electrons. The molecule has 0 spiro atoms. The molecule has 24 heavy (non-hydrogen) atoms. The number of hydrogen-bond donors (Lipinski definition) is 1. The van der Waals surface area contributed by atoms with Gasteiger partial charge >= 0.3 is 4.77 Å². The maximum absolute atomic E-state index is 14.3. The highest BCUT2D eigenvalue weighted by atomic mass is 127. The number of methoxy groups -OCH3 is 1. The van der Waals surface area contributed by atoms with Crippen molar-refractivity contribution in [1.29, 1.82) is 0 Å². The van der Waals surface area contributed by atoms with Gasteiger partial charge < -0.3 is 14.2 Å². The summed E-state index contributed by atoms with van der Waals surface area (Å²) in [5.41, 5.74) is 2.26. The van der Waals surface area contributed by atoms with E-state index in [0.29, 0.717) is 18.7 Å². The summed E-state index contributed by atoms with van der Waals surface area (Å²) in [5, 5.41) is 3.19. The Morgan fingerprint density at radius 1 is 1.21 bits per heavy atom. The van der Waals surface area contributed by atoms with Gasteiger partial charge in [0.1, 0.15) is 23.9 Å². The van der Waals surface area contributed by atoms with Crippen LogP contribution in [0.3, 0.4) is 0 Å². The number of benzene rings is 2. The first-order chi connectivity index (χ1) is 11.6. The molecule has 0 atom stereocenters. The Morgan fingerprint density at radius 2 is 1.96 bits per heavy atom. The van der Waals surface area contributed by atoms with Crippen LogP contribution < -0.4 is 15.5 Å². The Kier molecular flexibility index (Phi) is 8.17. The zero-order valence-electron chi connectivity index (χ0n) is 13.4. The Morgan fingerprint density at radius 3 is 2.58 bits per heavy atom. The molecule has 8 heteroatoms. The first-order valence-corrected chi connectivity index (χ1v) is 9.30. The average molecular weight is 461 g/mol. The van der Waals surface area contributed by atoms with Crippen LogP contribution >= 0.6 is 34.7 Å². The molecule has 0 fully saturated rings. The molecule has 4 nitrogen and oxygen atoms in total. The van der Waals surface area contributed by atoms with E-state index in [9.17, 15) is 4.39 Å². The number of hydrogen-bond acceptors (Lipinski definition) is 5. The van der Waals surface area contributed by atoms with E-state index in [-0.39, 0.29) is 10.6 Å². The normalized spacial score (nSPS) is 10.5. The van der Waals surface area contributed by atoms with Crippen LogP contribution in [0, 0.1) is 5.82 Å². The Hall–Kier alpha value is -0.965. The van der Waals surface area contributed by atoms with Gasteiger partial charge in [-0.1, -0.05) is 12.1 Å². The first kappa shape index (κ1) is 19.4. The van der Waals surface area contributed by atoms with Gasteiger partial charge in [-0.2, -0.15) is 0 Å². The summed E-state index contributed by atoms with van der Waals surface area (Å²) in [7, 11) is 1.62. The lowest BCUT2D eigenvalue weighted by molar-refractivity contribution is 0.373. The van der Waals surface area contributed by atoms with Crippen LogP contribution in [0.25, 0.3) is 0 Å². The van der Waals surface area contributed by atoms with E-state index in [2.05, 4.69) is 27.7 Å². The zero-order chi connectivity index (χ0) is 17.4. The molecule has 0 bridgehead atoms. The van der Waals surface area contributed by atoms with Crippen LogP contribution in [0.5, 0.6) is 5.75 Å². The van der Waals surface area contributed by atoms with Crippen LogP contribution in [0.2, 0.25) is 0 Å². The van der Waals surface area contributed by atoms with Crippen molar-refractivity contribution >= 4 is 50.6 Å². The molecule has 0 unspecified atom stereocenters. The van der Waals surface area contributed by atoms with E-state index in [0.717, 1.165) is 29.2 Å². The van der Waals surface area contributed by atoms with E-state index in [4.69, 9.17) is 13.0 Å². The van der Waals surface area contributed by atoms with E-state index < -0.39 is 0 Å². The molecule has 1 N–H and O–H groups in total. The van der Waals surface area contributed by atoms with Gasteiger partial charge in [-0.3, -0.25) is 4.18 Å². The van der Waals surface area contributed by atoms with Crippen LogP contribution in [0.15, 0.2) is 42.5 Å². The maximum Gasteiger partial charge on any atom is 0.416 e. The number of rotatable bonds is 9. The average Bonchev–Trinajstić information content (AvgIpc) is 2.61. The second kappa shape index (κ2) is 10.1. The lowest BCUT2D eigenvalue weighted by Gasteiger charge is -2.11. The monoisotopic (exact) mass is 461 g/mol. The van der Waals surface area contributed by atoms with Gasteiger partial charge in [-0.15, -0.1) is 22.4 Å². The van der Waals surface area contributed by atoms with Crippen LogP contribution in [-0.2, 0) is 14.8 Å². The van der Waals surface area contributed by atoms with E-state index >= 15 is 0 Å². The number of anilines is 1. The van der Waals surface area contributed by atoms with Crippen molar-refractivity contribution in [1.82, 2.24) is 0 Å². The van der Waals surface area contributed by atoms with Gasteiger partial charge in [0.05, 0.1) is 13.7 Å². The Balaban J connectivity index is 1.93. The summed E-state index contributed by atoms with van der Waals surface area (Å²) < 4.78 is 29.6. The first-order valence-electron chi connectivity index (χ1n) is 7.39. The summed E-state index contributed by atoms with van der Waals surface area (Å²) >= 11 is 3.02. The highest BCUT2D eigenvalue weighted by Gasteiger charge is 2.17. The van der Waals surface area contributed by atoms with Crippen LogP contribution in [0.1, 0.15) is 12.5 Å². The van der Waals surface area contributed by atoms with Gasteiger partial charge in [0.2, 0.25) is 0 Å². The molecular formula is C16H18BFINO3S. The Labute approximate surface area is 159 Å². The minimum absolute atomic E-state index is 0.264. The molecule has 2 aromatic rings. The third-order valence-corrected chi connectivity index (χ3v) is 5.12. The number of nitrogens with one attached hydrogen (secondary N) is 1. The predicted octanol–water partition coefficient (Wildman–Crippen LogP) is 4.19. The van der Waals surface area contributed by atoms with Gasteiger partial charge in [0, 0.05) is 17.8 Å². The van der Waals surface area contributed by atoms with Gasteiger partial charge in [-0.05, 0) is 42.7 Å². The molecular weight excluding hydrogens is 443 g/mol. The highest BCUT2D eigenvalue weighted by molar-refractivity contribution is 14.1. The molecule has 0 aliphatic rings. The minimum atomic E-state index is -0.280. The summed E-state index contributed by atoms with van der Waals surface area (Å²) in [6.07, 6.45) is 0. The third-order valence-electron chi connectivity index (χ3n) is 3.20. The standard InChI is InChI=1S/C16H18BFINO3S/c1-3-22-24-23-17(19)13-5-4-12(16(18)10-13)11-20-14-6-8-15(21-2)9-7-14/h4-10,20H,3,11H2,1-2H3. The third kappa shape index (κ3) is 5.84. The molecule has 0 aromatic heterocycles. The van der Waals surface area contributed by atoms with Crippen molar-refractivity contribution in [2.75, 3.05) is 19.0 Å². The van der Waals surface area contributed by atoms with Crippen LogP contribution in [0.4, 0.5) is 10.1 Å². The zero-order valence-corrected chi connectivity index (χ0v) is 16.4. The molecule has 0 heterocycles. The summed E-state index contributed by atoms with van der Waals surface area (Å²) in [5.74, 6) is 0.522. The largest absolute Gasteiger partial charge is 0.497 e. The molecule has 0 saturated carbocycles. The second-order valence-corrected chi connectivity index (χ2v) is 6.52. The molecule has 0 radical (unpaired) electrons. The smallest absolute Gasteiger partial charge is 0.416 e. The summed E-state index contributed by atoms with van der Waals surface area (Å²) in [6, 6.07) is 12.6. The lowest BCUT2D eigenvalue weighted by atomic mass is 9.87. The maximum atomic E-state index is 14.3. The molecule has 0 amide bonds. The molecule has 2 aromatic carbocycles. The topological polar surface area (TPSA) is 39.7 Å². The number of halogens is 2. The summed E-state index contributed by atoms with van der Waals surface area (Å²) in [6.45, 7) is 2.83. The van der Waals surface area contributed by atoms with E-state index in [1.807, 2.05) is 37.3 Å². The van der Waals surface area contributed by atoms with Gasteiger partial charge in [0.25, 0.3) is 0 Å². The summed E-state index contributed by atoms with van der Waals surface area (Å²) in [4.78, 5) is 0. The predicted molar refractivity (Wildman–Crippen MR) is 106 cm³/mol. The second-order valence-electron chi connectivity index (χ2n) is 4.82. The molecule has 0 aliphatic heterocycles. The van der Waals surface area contributed by atoms with Crippen molar-refractivity contribution in [3.8, 4) is 5.75 Å². The van der Waals surface area contributed by atoms with Crippen molar-refractivity contribution in [2.45, 2.75) is 13.5 Å². The van der Waals surface area contributed by atoms with E-state index in [1.54, 1.807) is 13.2 Å². The van der Waals surface area contributed by atoms with Crippen molar-refractivity contribution < 1.29 is 17.4 Å². The fourth-order valence-electron chi connectivity index (χ4n) is 1.92. The van der Waals surface area contributed by atoms with Crippen LogP contribution in [-0.4, -0.2) is 18.5 Å². The van der Waals surface area contributed by atoms with Gasteiger partial charge in [0.15, 0.2) is 0 Å². The molecule has 0 saturated heterocycles. The quantitative estimate of drug-likeness (QED) is 0.263.